The molecule has 0 saturated carbocycles. The first-order valence-electron chi connectivity index (χ1n) is 5.75. The van der Waals surface area contributed by atoms with Gasteiger partial charge in [0.1, 0.15) is 5.82 Å². The van der Waals surface area contributed by atoms with Crippen LogP contribution in [0.5, 0.6) is 0 Å². The van der Waals surface area contributed by atoms with Crippen LogP contribution in [0.4, 0.5) is 15.8 Å². The Balaban J connectivity index is 2.99. The topological polar surface area (TPSA) is 29.3 Å². The Labute approximate surface area is 97.3 Å². The second-order valence-corrected chi connectivity index (χ2v) is 4.41. The fourth-order valence-corrected chi connectivity index (χ4v) is 1.84. The number of aryl methyl sites for hydroxylation is 1. The van der Waals surface area contributed by atoms with Gasteiger partial charge in [0, 0.05) is 13.1 Å². The molecule has 0 spiro atoms. The van der Waals surface area contributed by atoms with Gasteiger partial charge in [-0.25, -0.2) is 4.39 Å². The Kier molecular flexibility index (Phi) is 4.16. The summed E-state index contributed by atoms with van der Waals surface area (Å²) in [6, 6.07) is 3.63. The van der Waals surface area contributed by atoms with Crippen LogP contribution in [0, 0.1) is 12.7 Å². The average Bonchev–Trinajstić information content (AvgIpc) is 2.23. The summed E-state index contributed by atoms with van der Waals surface area (Å²) in [6.07, 6.45) is 2.23. The zero-order valence-electron chi connectivity index (χ0n) is 10.5. The van der Waals surface area contributed by atoms with Crippen molar-refractivity contribution in [2.24, 2.45) is 0 Å². The second kappa shape index (κ2) is 5.19. The summed E-state index contributed by atoms with van der Waals surface area (Å²) in [5.41, 5.74) is 7.91. The van der Waals surface area contributed by atoms with Crippen molar-refractivity contribution >= 4 is 11.4 Å². The molecule has 2 N–H and O–H groups in total. The number of benzene rings is 1. The van der Waals surface area contributed by atoms with Crippen molar-refractivity contribution in [3.63, 3.8) is 0 Å². The number of anilines is 2. The molecule has 0 amide bonds. The van der Waals surface area contributed by atoms with Crippen LogP contribution >= 0.6 is 0 Å². The van der Waals surface area contributed by atoms with E-state index in [-0.39, 0.29) is 5.82 Å². The normalized spacial score (nSPS) is 12.6. The largest absolute Gasteiger partial charge is 0.397 e. The van der Waals surface area contributed by atoms with Crippen LogP contribution in [0.1, 0.15) is 32.3 Å². The number of hydrogen-bond donors (Lipinski definition) is 1. The molecule has 0 aliphatic rings. The van der Waals surface area contributed by atoms with Gasteiger partial charge in [-0.15, -0.1) is 0 Å². The van der Waals surface area contributed by atoms with Crippen molar-refractivity contribution in [3.05, 3.63) is 23.5 Å². The summed E-state index contributed by atoms with van der Waals surface area (Å²) in [5, 5.41) is 0. The molecule has 90 valence electrons. The fraction of sp³-hybridized carbons (Fsp3) is 0.538. The molecule has 0 radical (unpaired) electrons. The summed E-state index contributed by atoms with van der Waals surface area (Å²) in [6.45, 7) is 6.07. The van der Waals surface area contributed by atoms with Crippen molar-refractivity contribution in [2.75, 3.05) is 17.7 Å². The van der Waals surface area contributed by atoms with Crippen LogP contribution in [0.15, 0.2) is 12.1 Å². The molecule has 0 heterocycles. The number of nitrogens with two attached hydrogens (primary N) is 1. The molecule has 1 unspecified atom stereocenters. The highest BCUT2D eigenvalue weighted by atomic mass is 19.1. The predicted octanol–water partition coefficient (Wildman–Crippen LogP) is 3.34. The number of hydrogen-bond acceptors (Lipinski definition) is 2. The van der Waals surface area contributed by atoms with Crippen molar-refractivity contribution in [3.8, 4) is 0 Å². The average molecular weight is 224 g/mol. The molecule has 0 aliphatic carbocycles. The van der Waals surface area contributed by atoms with Crippen LogP contribution in [0.25, 0.3) is 0 Å². The second-order valence-electron chi connectivity index (χ2n) is 4.41. The molecule has 0 saturated heterocycles. The minimum atomic E-state index is -0.238. The van der Waals surface area contributed by atoms with Gasteiger partial charge in [0.05, 0.1) is 11.4 Å². The van der Waals surface area contributed by atoms with Crippen molar-refractivity contribution in [2.45, 2.75) is 39.7 Å². The van der Waals surface area contributed by atoms with Crippen LogP contribution in [-0.2, 0) is 0 Å². The smallest absolute Gasteiger partial charge is 0.128 e. The lowest BCUT2D eigenvalue weighted by molar-refractivity contribution is 0.608. The van der Waals surface area contributed by atoms with Gasteiger partial charge in [-0.2, -0.15) is 0 Å². The van der Waals surface area contributed by atoms with Gasteiger partial charge in [-0.1, -0.05) is 13.3 Å². The maximum atomic E-state index is 13.3. The Morgan fingerprint density at radius 1 is 1.44 bits per heavy atom. The lowest BCUT2D eigenvalue weighted by atomic mass is 10.1. The SMILES string of the molecule is CCCC(C)N(C)c1cc(C)c(F)cc1N. The molecule has 0 aliphatic heterocycles. The van der Waals surface area contributed by atoms with Gasteiger partial charge in [0.15, 0.2) is 0 Å². The highest BCUT2D eigenvalue weighted by molar-refractivity contribution is 5.68. The third-order valence-corrected chi connectivity index (χ3v) is 3.06. The number of nitrogens with zero attached hydrogens (tertiary/aromatic N) is 1. The van der Waals surface area contributed by atoms with E-state index in [1.165, 1.54) is 6.07 Å². The Morgan fingerprint density at radius 2 is 2.06 bits per heavy atom. The molecule has 1 rings (SSSR count). The minimum Gasteiger partial charge on any atom is -0.397 e. The van der Waals surface area contributed by atoms with Crippen molar-refractivity contribution in [1.82, 2.24) is 0 Å². The van der Waals surface area contributed by atoms with Gasteiger partial charge in [0.2, 0.25) is 0 Å². The Bertz CT molecular complexity index is 363. The van der Waals surface area contributed by atoms with Crippen molar-refractivity contribution < 1.29 is 4.39 Å². The van der Waals surface area contributed by atoms with E-state index in [9.17, 15) is 4.39 Å². The molecule has 1 atom stereocenters. The van der Waals surface area contributed by atoms with E-state index in [1.54, 1.807) is 6.92 Å². The van der Waals surface area contributed by atoms with Gasteiger partial charge in [-0.3, -0.25) is 0 Å². The quantitative estimate of drug-likeness (QED) is 0.795. The molecule has 16 heavy (non-hydrogen) atoms. The number of halogens is 1. The zero-order chi connectivity index (χ0) is 12.3. The van der Waals surface area contributed by atoms with Gasteiger partial charge in [-0.05, 0) is 38.0 Å². The molecule has 3 heteroatoms. The molecule has 0 fully saturated rings. The summed E-state index contributed by atoms with van der Waals surface area (Å²) in [5.74, 6) is -0.238. The molecular weight excluding hydrogens is 203 g/mol. The van der Waals surface area contributed by atoms with E-state index in [2.05, 4.69) is 18.7 Å². The first-order chi connectivity index (χ1) is 7.47. The molecular formula is C13H21FN2. The van der Waals surface area contributed by atoms with E-state index in [0.717, 1.165) is 18.5 Å². The van der Waals surface area contributed by atoms with E-state index in [1.807, 2.05) is 13.1 Å². The minimum absolute atomic E-state index is 0.238. The molecule has 0 aromatic heterocycles. The standard InChI is InChI=1S/C13H21FN2/c1-5-6-10(3)16(4)13-7-9(2)11(14)8-12(13)15/h7-8,10H,5-6,15H2,1-4H3. The summed E-state index contributed by atoms with van der Waals surface area (Å²) in [4.78, 5) is 2.12. The third kappa shape index (κ3) is 2.65. The van der Waals surface area contributed by atoms with Crippen LogP contribution in [0.2, 0.25) is 0 Å². The van der Waals surface area contributed by atoms with Gasteiger partial charge in [0.25, 0.3) is 0 Å². The molecule has 1 aromatic rings. The summed E-state index contributed by atoms with van der Waals surface area (Å²) < 4.78 is 13.3. The Morgan fingerprint density at radius 3 is 2.62 bits per heavy atom. The first kappa shape index (κ1) is 12.8. The van der Waals surface area contributed by atoms with Crippen LogP contribution in [-0.4, -0.2) is 13.1 Å². The maximum Gasteiger partial charge on any atom is 0.128 e. The number of nitrogen functional groups attached to an aromatic ring is 1. The molecule has 1 aromatic carbocycles. The highest BCUT2D eigenvalue weighted by Gasteiger charge is 2.13. The van der Waals surface area contributed by atoms with E-state index < -0.39 is 0 Å². The van der Waals surface area contributed by atoms with Crippen LogP contribution < -0.4 is 10.6 Å². The van der Waals surface area contributed by atoms with Crippen LogP contribution in [0.3, 0.4) is 0 Å². The van der Waals surface area contributed by atoms with Gasteiger partial charge < -0.3 is 10.6 Å². The summed E-state index contributed by atoms with van der Waals surface area (Å²) in [7, 11) is 2.00. The van der Waals surface area contributed by atoms with E-state index >= 15 is 0 Å². The maximum absolute atomic E-state index is 13.3. The Hall–Kier alpha value is -1.25. The zero-order valence-corrected chi connectivity index (χ0v) is 10.5. The lowest BCUT2D eigenvalue weighted by Crippen LogP contribution is -2.29. The van der Waals surface area contributed by atoms with Crippen molar-refractivity contribution in [1.29, 1.82) is 0 Å². The lowest BCUT2D eigenvalue weighted by Gasteiger charge is -2.28. The van der Waals surface area contributed by atoms with E-state index in [0.29, 0.717) is 17.3 Å². The monoisotopic (exact) mass is 224 g/mol. The number of rotatable bonds is 4. The molecule has 0 bridgehead atoms. The predicted molar refractivity (Wildman–Crippen MR) is 68.3 cm³/mol. The summed E-state index contributed by atoms with van der Waals surface area (Å²) >= 11 is 0. The molecule has 2 nitrogen and oxygen atoms in total. The van der Waals surface area contributed by atoms with Gasteiger partial charge >= 0.3 is 0 Å². The highest BCUT2D eigenvalue weighted by Crippen LogP contribution is 2.27. The fourth-order valence-electron chi connectivity index (χ4n) is 1.84. The van der Waals surface area contributed by atoms with E-state index in [4.69, 9.17) is 5.73 Å². The first-order valence-corrected chi connectivity index (χ1v) is 5.75. The third-order valence-electron chi connectivity index (χ3n) is 3.06.